The zero-order valence-electron chi connectivity index (χ0n) is 16.0. The van der Waals surface area contributed by atoms with Gasteiger partial charge in [-0.05, 0) is 26.5 Å². The molecule has 0 spiro atoms. The lowest BCUT2D eigenvalue weighted by atomic mass is 10.1. The van der Waals surface area contributed by atoms with E-state index in [1.165, 1.54) is 7.11 Å². The molecule has 0 aliphatic carbocycles. The summed E-state index contributed by atoms with van der Waals surface area (Å²) in [5.41, 5.74) is 7.81. The van der Waals surface area contributed by atoms with Crippen LogP contribution in [0.3, 0.4) is 0 Å². The number of methoxy groups -OCH3 is 1. The van der Waals surface area contributed by atoms with E-state index in [0.717, 1.165) is 22.6 Å². The third kappa shape index (κ3) is 4.72. The summed E-state index contributed by atoms with van der Waals surface area (Å²) < 4.78 is 6.48. The smallest absolute Gasteiger partial charge is 0.341 e. The fourth-order valence-electron chi connectivity index (χ4n) is 2.75. The number of anilines is 1. The van der Waals surface area contributed by atoms with E-state index in [1.54, 1.807) is 11.6 Å². The van der Waals surface area contributed by atoms with E-state index < -0.39 is 11.9 Å². The first kappa shape index (κ1) is 20.6. The monoisotopic (exact) mass is 393 g/mol. The maximum atomic E-state index is 12.4. The molecular formula is C17H23N5O4S. The molecule has 3 N–H and O–H groups in total. The second-order valence-corrected chi connectivity index (χ2v) is 7.27. The van der Waals surface area contributed by atoms with E-state index in [9.17, 15) is 14.4 Å². The number of thiophene rings is 1. The molecule has 2 heterocycles. The van der Waals surface area contributed by atoms with Gasteiger partial charge in [0.25, 0.3) is 5.91 Å². The summed E-state index contributed by atoms with van der Waals surface area (Å²) in [6.45, 7) is 4.15. The number of carbonyl (C=O) groups excluding carboxylic acids is 3. The Morgan fingerprint density at radius 3 is 2.56 bits per heavy atom. The Kier molecular flexibility index (Phi) is 6.34. The molecule has 0 aliphatic rings. The molecule has 0 atom stereocenters. The molecule has 146 valence electrons. The molecule has 0 radical (unpaired) electrons. The first-order valence-electron chi connectivity index (χ1n) is 8.13. The van der Waals surface area contributed by atoms with Gasteiger partial charge in [0, 0.05) is 25.4 Å². The van der Waals surface area contributed by atoms with Gasteiger partial charge in [-0.1, -0.05) is 0 Å². The van der Waals surface area contributed by atoms with Gasteiger partial charge in [0.1, 0.15) is 5.00 Å². The van der Waals surface area contributed by atoms with Crippen LogP contribution in [0.4, 0.5) is 5.00 Å². The molecular weight excluding hydrogens is 370 g/mol. The second kappa shape index (κ2) is 8.31. The van der Waals surface area contributed by atoms with Crippen LogP contribution in [0.2, 0.25) is 0 Å². The lowest BCUT2D eigenvalue weighted by Crippen LogP contribution is -2.30. The Morgan fingerprint density at radius 1 is 1.37 bits per heavy atom. The number of aryl methyl sites for hydroxylation is 2. The van der Waals surface area contributed by atoms with Crippen LogP contribution in [-0.2, 0) is 23.1 Å². The number of likely N-dealkylation sites (N-methyl/N-ethyl adjacent to an activating group) is 1. The van der Waals surface area contributed by atoms with Crippen molar-refractivity contribution in [3.8, 4) is 0 Å². The summed E-state index contributed by atoms with van der Waals surface area (Å²) in [7, 11) is 4.88. The average Bonchev–Trinajstić information content (AvgIpc) is 3.05. The minimum absolute atomic E-state index is 0.0950. The summed E-state index contributed by atoms with van der Waals surface area (Å²) in [6, 6.07) is 0. The number of nitrogens with zero attached hydrogens (tertiary/aromatic N) is 3. The van der Waals surface area contributed by atoms with Gasteiger partial charge >= 0.3 is 5.97 Å². The first-order valence-corrected chi connectivity index (χ1v) is 8.94. The van der Waals surface area contributed by atoms with Crippen LogP contribution in [0.5, 0.6) is 0 Å². The van der Waals surface area contributed by atoms with Crippen molar-refractivity contribution in [3.63, 3.8) is 0 Å². The number of primary amides is 1. The Balaban J connectivity index is 2.12. The zero-order valence-corrected chi connectivity index (χ0v) is 16.8. The molecule has 0 unspecified atom stereocenters. The van der Waals surface area contributed by atoms with Crippen molar-refractivity contribution in [3.05, 3.63) is 33.5 Å². The number of nitrogens with one attached hydrogen (secondary N) is 1. The predicted molar refractivity (Wildman–Crippen MR) is 102 cm³/mol. The number of rotatable bonds is 7. The SMILES string of the molecule is COC(=O)c1c(NC(=O)CN(C)Cc2cn(C)nc2C)sc(C(N)=O)c1C. The minimum atomic E-state index is -0.660. The van der Waals surface area contributed by atoms with Gasteiger partial charge in [-0.25, -0.2) is 4.79 Å². The van der Waals surface area contributed by atoms with E-state index in [4.69, 9.17) is 10.5 Å². The van der Waals surface area contributed by atoms with E-state index in [1.807, 2.05) is 32.1 Å². The summed E-state index contributed by atoms with van der Waals surface area (Å²) in [5, 5.41) is 7.22. The lowest BCUT2D eigenvalue weighted by molar-refractivity contribution is -0.117. The fourth-order valence-corrected chi connectivity index (χ4v) is 3.81. The normalized spacial score (nSPS) is 10.9. The largest absolute Gasteiger partial charge is 0.465 e. The van der Waals surface area contributed by atoms with Crippen molar-refractivity contribution in [2.45, 2.75) is 20.4 Å². The number of ether oxygens (including phenoxy) is 1. The molecule has 27 heavy (non-hydrogen) atoms. The molecule has 0 fully saturated rings. The van der Waals surface area contributed by atoms with Crippen LogP contribution >= 0.6 is 11.3 Å². The Labute approximate surface area is 161 Å². The van der Waals surface area contributed by atoms with Crippen molar-refractivity contribution < 1.29 is 19.1 Å². The average molecular weight is 393 g/mol. The second-order valence-electron chi connectivity index (χ2n) is 6.25. The Hall–Kier alpha value is -2.72. The molecule has 2 amide bonds. The lowest BCUT2D eigenvalue weighted by Gasteiger charge is -2.15. The summed E-state index contributed by atoms with van der Waals surface area (Å²) in [5.74, 6) is -1.61. The van der Waals surface area contributed by atoms with Gasteiger partial charge in [-0.15, -0.1) is 11.3 Å². The molecule has 2 aromatic heterocycles. The Bertz CT molecular complexity index is 886. The highest BCUT2D eigenvalue weighted by molar-refractivity contribution is 7.18. The topological polar surface area (TPSA) is 120 Å². The summed E-state index contributed by atoms with van der Waals surface area (Å²) in [4.78, 5) is 38.0. The molecule has 0 saturated heterocycles. The van der Waals surface area contributed by atoms with Crippen molar-refractivity contribution in [1.29, 1.82) is 0 Å². The van der Waals surface area contributed by atoms with Crippen molar-refractivity contribution >= 4 is 34.1 Å². The van der Waals surface area contributed by atoms with E-state index in [-0.39, 0.29) is 27.9 Å². The minimum Gasteiger partial charge on any atom is -0.465 e. The van der Waals surface area contributed by atoms with Crippen LogP contribution in [0, 0.1) is 13.8 Å². The van der Waals surface area contributed by atoms with Gasteiger partial charge in [0.2, 0.25) is 5.91 Å². The predicted octanol–water partition coefficient (Wildman–Crippen LogP) is 1.05. The van der Waals surface area contributed by atoms with Gasteiger partial charge in [0.15, 0.2) is 0 Å². The number of nitrogens with two attached hydrogens (primary N) is 1. The van der Waals surface area contributed by atoms with Crippen LogP contribution in [0.1, 0.15) is 36.9 Å². The summed E-state index contributed by atoms with van der Waals surface area (Å²) in [6.07, 6.45) is 1.90. The molecule has 2 aromatic rings. The molecule has 0 aliphatic heterocycles. The summed E-state index contributed by atoms with van der Waals surface area (Å²) >= 11 is 0.964. The van der Waals surface area contributed by atoms with Crippen LogP contribution in [0.15, 0.2) is 6.20 Å². The fraction of sp³-hybridized carbons (Fsp3) is 0.412. The van der Waals surface area contributed by atoms with Crippen LogP contribution < -0.4 is 11.1 Å². The molecule has 0 aromatic carbocycles. The van der Waals surface area contributed by atoms with Gasteiger partial charge < -0.3 is 15.8 Å². The van der Waals surface area contributed by atoms with Gasteiger partial charge in [0.05, 0.1) is 29.8 Å². The van der Waals surface area contributed by atoms with Crippen molar-refractivity contribution in [2.75, 3.05) is 26.0 Å². The van der Waals surface area contributed by atoms with E-state index in [2.05, 4.69) is 10.4 Å². The molecule has 2 rings (SSSR count). The van der Waals surface area contributed by atoms with Gasteiger partial charge in [-0.2, -0.15) is 5.10 Å². The van der Waals surface area contributed by atoms with E-state index >= 15 is 0 Å². The van der Waals surface area contributed by atoms with Gasteiger partial charge in [-0.3, -0.25) is 19.2 Å². The van der Waals surface area contributed by atoms with Crippen molar-refractivity contribution in [2.24, 2.45) is 12.8 Å². The molecule has 0 saturated carbocycles. The number of hydrogen-bond donors (Lipinski definition) is 2. The van der Waals surface area contributed by atoms with Crippen LogP contribution in [0.25, 0.3) is 0 Å². The third-order valence-electron chi connectivity index (χ3n) is 3.98. The number of esters is 1. The molecule has 10 heteroatoms. The third-order valence-corrected chi connectivity index (χ3v) is 5.20. The van der Waals surface area contributed by atoms with Crippen LogP contribution in [-0.4, -0.2) is 53.2 Å². The number of amides is 2. The standard InChI is InChI=1S/C17H23N5O4S/c1-9-13(17(25)26-5)16(27-14(9)15(18)24)19-12(23)8-21(3)6-11-7-22(4)20-10(11)2/h7H,6,8H2,1-5H3,(H2,18,24)(H,19,23). The maximum Gasteiger partial charge on any atom is 0.341 e. The number of hydrogen-bond acceptors (Lipinski definition) is 7. The molecule has 9 nitrogen and oxygen atoms in total. The first-order chi connectivity index (χ1) is 12.6. The quantitative estimate of drug-likeness (QED) is 0.679. The Morgan fingerprint density at radius 2 is 2.04 bits per heavy atom. The highest BCUT2D eigenvalue weighted by atomic mass is 32.1. The zero-order chi connectivity index (χ0) is 20.3. The highest BCUT2D eigenvalue weighted by Crippen LogP contribution is 2.33. The highest BCUT2D eigenvalue weighted by Gasteiger charge is 2.25. The maximum absolute atomic E-state index is 12.4. The van der Waals surface area contributed by atoms with E-state index in [0.29, 0.717) is 12.1 Å². The number of aromatic nitrogens is 2. The van der Waals surface area contributed by atoms with Crippen molar-refractivity contribution in [1.82, 2.24) is 14.7 Å². The molecule has 0 bridgehead atoms. The number of carbonyl (C=O) groups is 3.